The Kier molecular flexibility index (Phi) is 24.9. The Morgan fingerprint density at radius 2 is 1.55 bits per heavy atom. The molecule has 1 aromatic carbocycles. The molecule has 0 amide bonds. The number of carboxylic acids is 1. The Morgan fingerprint density at radius 1 is 1.14 bits per heavy atom. The zero-order chi connectivity index (χ0) is 14.8. The first-order valence-corrected chi connectivity index (χ1v) is 5.49. The van der Waals surface area contributed by atoms with Crippen LogP contribution in [0.5, 0.6) is 5.75 Å². The SMILES string of the molecule is CC(C)[C-]=C(Cc1ccc([O-])cc1)C(=O)[O-].O=C=O.[Na+].[Na+].[Na+]. The van der Waals surface area contributed by atoms with E-state index in [1.807, 2.05) is 13.8 Å². The summed E-state index contributed by atoms with van der Waals surface area (Å²) in [5.74, 6) is -1.26. The van der Waals surface area contributed by atoms with Gasteiger partial charge in [0.2, 0.25) is 0 Å². The maximum Gasteiger partial charge on any atom is 1.00 e. The van der Waals surface area contributed by atoms with Gasteiger partial charge in [-0.15, -0.1) is 17.6 Å². The van der Waals surface area contributed by atoms with Gasteiger partial charge in [-0.1, -0.05) is 38.1 Å². The van der Waals surface area contributed by atoms with E-state index in [1.54, 1.807) is 12.1 Å². The van der Waals surface area contributed by atoms with Gasteiger partial charge in [0.25, 0.3) is 0 Å². The summed E-state index contributed by atoms with van der Waals surface area (Å²) in [6.07, 6.45) is 3.31. The smallest absolute Gasteiger partial charge is 0.872 e. The van der Waals surface area contributed by atoms with Crippen LogP contribution in [-0.2, 0) is 20.8 Å². The summed E-state index contributed by atoms with van der Waals surface area (Å²) >= 11 is 0. The van der Waals surface area contributed by atoms with Crippen molar-refractivity contribution < 1.29 is 113 Å². The van der Waals surface area contributed by atoms with E-state index in [9.17, 15) is 15.0 Å². The van der Waals surface area contributed by atoms with Crippen LogP contribution < -0.4 is 98.9 Å². The largest absolute Gasteiger partial charge is 1.00 e. The average Bonchev–Trinajstić information content (AvgIpc) is 2.31. The van der Waals surface area contributed by atoms with Gasteiger partial charge in [-0.3, -0.25) is 6.08 Å². The van der Waals surface area contributed by atoms with E-state index in [-0.39, 0.29) is 118 Å². The molecule has 5 nitrogen and oxygen atoms in total. The van der Waals surface area contributed by atoms with Crippen LogP contribution in [0.1, 0.15) is 19.4 Å². The fourth-order valence-electron chi connectivity index (χ4n) is 1.34. The molecule has 0 spiro atoms. The van der Waals surface area contributed by atoms with Gasteiger partial charge in [0, 0.05) is 0 Å². The monoisotopic (exact) mass is 330 g/mol. The van der Waals surface area contributed by atoms with Gasteiger partial charge in [0.1, 0.15) is 0 Å². The van der Waals surface area contributed by atoms with Crippen molar-refractivity contribution in [3.05, 3.63) is 41.5 Å². The first-order valence-electron chi connectivity index (χ1n) is 5.49. The van der Waals surface area contributed by atoms with Crippen LogP contribution in [0.25, 0.3) is 0 Å². The number of carbonyl (C=O) groups excluding carboxylic acids is 3. The molecule has 102 valence electrons. The molecule has 8 heteroatoms. The fraction of sp³-hybridized carbons (Fsp3) is 0.286. The molecule has 0 N–H and O–H groups in total. The molecule has 22 heavy (non-hydrogen) atoms. The van der Waals surface area contributed by atoms with Crippen molar-refractivity contribution in [2.75, 3.05) is 0 Å². The molecule has 0 bridgehead atoms. The van der Waals surface area contributed by atoms with Gasteiger partial charge < -0.3 is 15.0 Å². The van der Waals surface area contributed by atoms with Crippen LogP contribution in [0.15, 0.2) is 29.8 Å². The van der Waals surface area contributed by atoms with Crippen molar-refractivity contribution in [2.45, 2.75) is 20.3 Å². The minimum atomic E-state index is -1.21. The topological polar surface area (TPSA) is 97.3 Å². The van der Waals surface area contributed by atoms with E-state index in [1.165, 1.54) is 12.1 Å². The summed E-state index contributed by atoms with van der Waals surface area (Å²) in [7, 11) is 0. The number of carbonyl (C=O) groups is 1. The van der Waals surface area contributed by atoms with Gasteiger partial charge in [0.05, 0.1) is 0 Å². The van der Waals surface area contributed by atoms with Crippen LogP contribution in [0.4, 0.5) is 0 Å². The minimum absolute atomic E-state index is 0. The Labute approximate surface area is 196 Å². The standard InChI is InChI=1S/C13H15O3.CO2.3Na/c1-9(2)7-11(13(15)16)8-10-3-5-12(14)6-4-10;2-1-3;;;/h3-6,9,14H,8H2,1-2H3,(H,15,16);;;;/q-1;;3*+1/p-2. The van der Waals surface area contributed by atoms with E-state index in [0.29, 0.717) is 0 Å². The Morgan fingerprint density at radius 3 is 1.86 bits per heavy atom. The summed E-state index contributed by atoms with van der Waals surface area (Å²) in [6, 6.07) is 6.07. The average molecular weight is 330 g/mol. The third-order valence-electron chi connectivity index (χ3n) is 2.01. The molecule has 0 aliphatic heterocycles. The Balaban J connectivity index is -0.000000249. The van der Waals surface area contributed by atoms with Gasteiger partial charge in [0.15, 0.2) is 0 Å². The molecule has 1 rings (SSSR count). The van der Waals surface area contributed by atoms with Crippen LogP contribution >= 0.6 is 0 Å². The van der Waals surface area contributed by atoms with Crippen molar-refractivity contribution in [1.29, 1.82) is 0 Å². The normalized spacial score (nSPS) is 8.95. The molecule has 0 saturated carbocycles. The van der Waals surface area contributed by atoms with Crippen LogP contribution in [0, 0.1) is 12.0 Å². The molecule has 0 aliphatic rings. The summed E-state index contributed by atoms with van der Waals surface area (Å²) in [6.45, 7) is 3.70. The molecule has 1 aromatic rings. The summed E-state index contributed by atoms with van der Waals surface area (Å²) < 4.78 is 0. The predicted molar refractivity (Wildman–Crippen MR) is 61.2 cm³/mol. The van der Waals surface area contributed by atoms with Crippen LogP contribution in [0.3, 0.4) is 0 Å². The van der Waals surface area contributed by atoms with Crippen molar-refractivity contribution in [2.24, 2.45) is 5.92 Å². The number of hydrogen-bond donors (Lipinski definition) is 0. The molecule has 0 aliphatic carbocycles. The summed E-state index contributed by atoms with van der Waals surface area (Å²) in [5.41, 5.74) is 0.903. The molecule has 0 aromatic heterocycles. The molecule has 0 unspecified atom stereocenters. The van der Waals surface area contributed by atoms with Gasteiger partial charge in [-0.05, 0) is 12.0 Å². The number of allylic oxidation sites excluding steroid dienone is 1. The van der Waals surface area contributed by atoms with E-state index in [0.717, 1.165) is 5.56 Å². The second-order valence-electron chi connectivity index (χ2n) is 3.97. The van der Waals surface area contributed by atoms with E-state index in [4.69, 9.17) is 9.59 Å². The molecular formula is C14H13Na3O5. The number of rotatable bonds is 4. The zero-order valence-corrected chi connectivity index (χ0v) is 19.6. The second kappa shape index (κ2) is 18.0. The Bertz CT molecular complexity index is 478. The molecule has 0 heterocycles. The van der Waals surface area contributed by atoms with E-state index in [2.05, 4.69) is 6.08 Å². The fourth-order valence-corrected chi connectivity index (χ4v) is 1.34. The van der Waals surface area contributed by atoms with Crippen molar-refractivity contribution >= 4 is 12.1 Å². The number of benzene rings is 1. The van der Waals surface area contributed by atoms with E-state index >= 15 is 0 Å². The summed E-state index contributed by atoms with van der Waals surface area (Å²) in [4.78, 5) is 27.1. The van der Waals surface area contributed by atoms with Crippen molar-refractivity contribution in [3.63, 3.8) is 0 Å². The molecule has 0 fully saturated rings. The molecule has 0 saturated heterocycles. The maximum atomic E-state index is 10.9. The van der Waals surface area contributed by atoms with Crippen LogP contribution in [0.2, 0.25) is 0 Å². The third-order valence-corrected chi connectivity index (χ3v) is 2.01. The number of aliphatic carboxylic acids is 1. The van der Waals surface area contributed by atoms with Crippen molar-refractivity contribution in [3.8, 4) is 5.75 Å². The second-order valence-corrected chi connectivity index (χ2v) is 3.97. The van der Waals surface area contributed by atoms with Gasteiger partial charge in [-0.25, -0.2) is 0 Å². The minimum Gasteiger partial charge on any atom is -0.872 e. The Hall–Kier alpha value is 0.610. The van der Waals surface area contributed by atoms with Crippen LogP contribution in [-0.4, -0.2) is 12.1 Å². The first kappa shape index (κ1) is 30.5. The predicted octanol–water partition coefficient (Wildman–Crippen LogP) is -9.13. The maximum absolute atomic E-state index is 10.9. The number of hydrogen-bond acceptors (Lipinski definition) is 5. The molecule has 0 atom stereocenters. The third kappa shape index (κ3) is 15.5. The first-order chi connectivity index (χ1) is 8.90. The summed E-state index contributed by atoms with van der Waals surface area (Å²) in [5, 5.41) is 21.7. The van der Waals surface area contributed by atoms with Gasteiger partial charge in [-0.2, -0.15) is 15.2 Å². The zero-order valence-electron chi connectivity index (χ0n) is 13.6. The van der Waals surface area contributed by atoms with E-state index < -0.39 is 5.97 Å². The number of carboxylic acid groups (broad SMARTS) is 1. The van der Waals surface area contributed by atoms with Crippen molar-refractivity contribution in [1.82, 2.24) is 0 Å². The van der Waals surface area contributed by atoms with Gasteiger partial charge >= 0.3 is 94.8 Å². The molecular weight excluding hydrogens is 317 g/mol. The molecule has 0 radical (unpaired) electrons. The quantitative estimate of drug-likeness (QED) is 0.310.